The van der Waals surface area contributed by atoms with Crippen LogP contribution in [0.4, 0.5) is 0 Å². The quantitative estimate of drug-likeness (QED) is 0.861. The van der Waals surface area contributed by atoms with Gasteiger partial charge in [-0.3, -0.25) is 4.79 Å². The molecule has 2 aromatic carbocycles. The number of carbonyl (C=O) groups excluding carboxylic acids is 1. The maximum Gasteiger partial charge on any atom is 0.167 e. The number of rotatable bonds is 3. The SMILES string of the molecule is COc1ccc(Br)cc1Cc1ccc2c(c1)CC2=O. The van der Waals surface area contributed by atoms with Crippen LogP contribution in [-0.2, 0) is 12.8 Å². The topological polar surface area (TPSA) is 26.3 Å². The van der Waals surface area contributed by atoms with Gasteiger partial charge in [0.1, 0.15) is 5.75 Å². The zero-order valence-corrected chi connectivity index (χ0v) is 12.2. The third-order valence-electron chi connectivity index (χ3n) is 3.46. The van der Waals surface area contributed by atoms with Crippen LogP contribution in [0.1, 0.15) is 27.0 Å². The summed E-state index contributed by atoms with van der Waals surface area (Å²) in [6, 6.07) is 12.1. The van der Waals surface area contributed by atoms with Crippen LogP contribution in [0.15, 0.2) is 40.9 Å². The second-order valence-electron chi connectivity index (χ2n) is 4.72. The number of hydrogen-bond acceptors (Lipinski definition) is 2. The Morgan fingerprint density at radius 3 is 2.74 bits per heavy atom. The number of fused-ring (bicyclic) bond motifs is 1. The van der Waals surface area contributed by atoms with Crippen molar-refractivity contribution in [2.45, 2.75) is 12.8 Å². The van der Waals surface area contributed by atoms with E-state index in [4.69, 9.17) is 4.74 Å². The molecule has 96 valence electrons. The first-order chi connectivity index (χ1) is 9.17. The van der Waals surface area contributed by atoms with Crippen LogP contribution >= 0.6 is 15.9 Å². The molecule has 0 N–H and O–H groups in total. The molecule has 0 aliphatic heterocycles. The summed E-state index contributed by atoms with van der Waals surface area (Å²) in [6.45, 7) is 0. The highest BCUT2D eigenvalue weighted by Gasteiger charge is 2.22. The molecular weight excluding hydrogens is 304 g/mol. The molecule has 3 heteroatoms. The fourth-order valence-corrected chi connectivity index (χ4v) is 2.85. The van der Waals surface area contributed by atoms with Crippen molar-refractivity contribution in [1.82, 2.24) is 0 Å². The molecule has 0 heterocycles. The molecule has 0 atom stereocenters. The van der Waals surface area contributed by atoms with Gasteiger partial charge in [0.05, 0.1) is 7.11 Å². The number of ether oxygens (including phenoxy) is 1. The number of halogens is 1. The number of benzene rings is 2. The largest absolute Gasteiger partial charge is 0.496 e. The third-order valence-corrected chi connectivity index (χ3v) is 3.95. The van der Waals surface area contributed by atoms with Gasteiger partial charge in [0, 0.05) is 22.9 Å². The van der Waals surface area contributed by atoms with Crippen LogP contribution in [0.25, 0.3) is 0 Å². The van der Waals surface area contributed by atoms with Gasteiger partial charge in [0.2, 0.25) is 0 Å². The van der Waals surface area contributed by atoms with Crippen LogP contribution in [0, 0.1) is 0 Å². The molecule has 0 saturated heterocycles. The van der Waals surface area contributed by atoms with E-state index < -0.39 is 0 Å². The molecule has 0 unspecified atom stereocenters. The lowest BCUT2D eigenvalue weighted by Gasteiger charge is -2.18. The van der Waals surface area contributed by atoms with Crippen molar-refractivity contribution in [3.8, 4) is 5.75 Å². The average Bonchev–Trinajstić information content (AvgIpc) is 2.38. The summed E-state index contributed by atoms with van der Waals surface area (Å²) < 4.78 is 6.43. The predicted molar refractivity (Wildman–Crippen MR) is 78.0 cm³/mol. The van der Waals surface area contributed by atoms with E-state index in [0.717, 1.165) is 33.3 Å². The predicted octanol–water partition coefficient (Wildman–Crippen LogP) is 3.79. The second-order valence-corrected chi connectivity index (χ2v) is 5.64. The van der Waals surface area contributed by atoms with Crippen molar-refractivity contribution >= 4 is 21.7 Å². The van der Waals surface area contributed by atoms with E-state index in [-0.39, 0.29) is 5.78 Å². The van der Waals surface area contributed by atoms with E-state index in [1.54, 1.807) is 7.11 Å². The maximum atomic E-state index is 11.3. The monoisotopic (exact) mass is 316 g/mol. The molecular formula is C16H13BrO2. The van der Waals surface area contributed by atoms with Gasteiger partial charge in [-0.25, -0.2) is 0 Å². The zero-order chi connectivity index (χ0) is 13.4. The van der Waals surface area contributed by atoms with Gasteiger partial charge >= 0.3 is 0 Å². The molecule has 2 aromatic rings. The summed E-state index contributed by atoms with van der Waals surface area (Å²) in [5.41, 5.74) is 4.39. The van der Waals surface area contributed by atoms with Crippen molar-refractivity contribution < 1.29 is 9.53 Å². The summed E-state index contributed by atoms with van der Waals surface area (Å²) in [4.78, 5) is 11.3. The summed E-state index contributed by atoms with van der Waals surface area (Å²) in [5, 5.41) is 0. The first-order valence-electron chi connectivity index (χ1n) is 6.15. The minimum Gasteiger partial charge on any atom is -0.496 e. The molecule has 0 saturated carbocycles. The molecule has 0 amide bonds. The number of Topliss-reactive ketones (excluding diaryl/α,β-unsaturated/α-hetero) is 1. The van der Waals surface area contributed by atoms with Crippen LogP contribution < -0.4 is 4.74 Å². The molecule has 19 heavy (non-hydrogen) atoms. The second kappa shape index (κ2) is 4.82. The maximum absolute atomic E-state index is 11.3. The molecule has 0 bridgehead atoms. The lowest BCUT2D eigenvalue weighted by molar-refractivity contribution is 0.0968. The molecule has 2 nitrogen and oxygen atoms in total. The third kappa shape index (κ3) is 2.30. The van der Waals surface area contributed by atoms with Crippen molar-refractivity contribution in [2.24, 2.45) is 0 Å². The van der Waals surface area contributed by atoms with Gasteiger partial charge < -0.3 is 4.74 Å². The Morgan fingerprint density at radius 2 is 2.05 bits per heavy atom. The molecule has 0 radical (unpaired) electrons. The van der Waals surface area contributed by atoms with Gasteiger partial charge in [-0.1, -0.05) is 34.1 Å². The Bertz CT molecular complexity index is 662. The fourth-order valence-electron chi connectivity index (χ4n) is 2.44. The van der Waals surface area contributed by atoms with Crippen molar-refractivity contribution in [2.75, 3.05) is 7.11 Å². The lowest BCUT2D eigenvalue weighted by Crippen LogP contribution is -2.18. The van der Waals surface area contributed by atoms with E-state index in [9.17, 15) is 4.79 Å². The standard InChI is InChI=1S/C16H13BrO2/c1-19-16-5-3-13(17)8-12(16)7-10-2-4-14-11(6-10)9-15(14)18/h2-6,8H,7,9H2,1H3. The van der Waals surface area contributed by atoms with E-state index in [1.807, 2.05) is 24.3 Å². The van der Waals surface area contributed by atoms with Crippen LogP contribution in [-0.4, -0.2) is 12.9 Å². The molecule has 0 aromatic heterocycles. The van der Waals surface area contributed by atoms with Crippen molar-refractivity contribution in [3.05, 3.63) is 63.1 Å². The number of ketones is 1. The van der Waals surface area contributed by atoms with E-state index >= 15 is 0 Å². The summed E-state index contributed by atoms with van der Waals surface area (Å²) >= 11 is 3.48. The van der Waals surface area contributed by atoms with Crippen LogP contribution in [0.3, 0.4) is 0 Å². The zero-order valence-electron chi connectivity index (χ0n) is 10.6. The van der Waals surface area contributed by atoms with E-state index in [1.165, 1.54) is 5.56 Å². The van der Waals surface area contributed by atoms with Crippen LogP contribution in [0.2, 0.25) is 0 Å². The molecule has 3 rings (SSSR count). The Balaban J connectivity index is 1.91. The summed E-state index contributed by atoms with van der Waals surface area (Å²) in [5.74, 6) is 1.14. The molecule has 0 spiro atoms. The highest BCUT2D eigenvalue weighted by atomic mass is 79.9. The first-order valence-corrected chi connectivity index (χ1v) is 6.94. The Kier molecular flexibility index (Phi) is 3.15. The van der Waals surface area contributed by atoms with Gasteiger partial charge in [-0.2, -0.15) is 0 Å². The first kappa shape index (κ1) is 12.4. The van der Waals surface area contributed by atoms with E-state index in [0.29, 0.717) is 6.42 Å². The Labute approximate surface area is 120 Å². The van der Waals surface area contributed by atoms with Crippen molar-refractivity contribution in [1.29, 1.82) is 0 Å². The van der Waals surface area contributed by atoms with Crippen LogP contribution in [0.5, 0.6) is 5.75 Å². The highest BCUT2D eigenvalue weighted by molar-refractivity contribution is 9.10. The smallest absolute Gasteiger partial charge is 0.167 e. The minimum atomic E-state index is 0.251. The van der Waals surface area contributed by atoms with Crippen molar-refractivity contribution in [3.63, 3.8) is 0 Å². The number of methoxy groups -OCH3 is 1. The normalized spacial score (nSPS) is 12.8. The summed E-state index contributed by atoms with van der Waals surface area (Å²) in [7, 11) is 1.68. The highest BCUT2D eigenvalue weighted by Crippen LogP contribution is 2.28. The van der Waals surface area contributed by atoms with Gasteiger partial charge in [-0.05, 0) is 34.9 Å². The number of hydrogen-bond donors (Lipinski definition) is 0. The Morgan fingerprint density at radius 1 is 1.21 bits per heavy atom. The van der Waals surface area contributed by atoms with E-state index in [2.05, 4.69) is 28.1 Å². The molecule has 0 fully saturated rings. The lowest BCUT2D eigenvalue weighted by atomic mass is 9.85. The van der Waals surface area contributed by atoms with Gasteiger partial charge in [0.15, 0.2) is 5.78 Å². The molecule has 1 aliphatic rings. The molecule has 1 aliphatic carbocycles. The average molecular weight is 317 g/mol. The number of carbonyl (C=O) groups is 1. The minimum absolute atomic E-state index is 0.251. The fraction of sp³-hybridized carbons (Fsp3) is 0.188. The van der Waals surface area contributed by atoms with Gasteiger partial charge in [0.25, 0.3) is 0 Å². The summed E-state index contributed by atoms with van der Waals surface area (Å²) in [6.07, 6.45) is 1.39. The van der Waals surface area contributed by atoms with Gasteiger partial charge in [-0.15, -0.1) is 0 Å². The Hall–Kier alpha value is -1.61.